The van der Waals surface area contributed by atoms with E-state index >= 15 is 0 Å². The van der Waals surface area contributed by atoms with Gasteiger partial charge in [-0.05, 0) is 41.5 Å². The van der Waals surface area contributed by atoms with Gasteiger partial charge in [-0.2, -0.15) is 0 Å². The van der Waals surface area contributed by atoms with Gasteiger partial charge in [0.2, 0.25) is 17.7 Å². The van der Waals surface area contributed by atoms with E-state index in [0.717, 1.165) is 28.2 Å². The maximum atomic E-state index is 14.7. The van der Waals surface area contributed by atoms with E-state index in [1.165, 1.54) is 30.3 Å². The average Bonchev–Trinajstić information content (AvgIpc) is 3.38. The number of carbonyl (C=O) groups is 3. The van der Waals surface area contributed by atoms with Crippen LogP contribution in [0.15, 0.2) is 72.9 Å². The van der Waals surface area contributed by atoms with Crippen molar-refractivity contribution in [2.24, 2.45) is 11.8 Å². The van der Waals surface area contributed by atoms with Crippen LogP contribution in [0.25, 0.3) is 6.08 Å². The van der Waals surface area contributed by atoms with Crippen molar-refractivity contribution >= 4 is 52.5 Å². The molecule has 38 heavy (non-hydrogen) atoms. The molecule has 6 rings (SSSR count). The summed E-state index contributed by atoms with van der Waals surface area (Å²) in [6.07, 6.45) is 3.47. The van der Waals surface area contributed by atoms with Crippen LogP contribution in [-0.2, 0) is 14.4 Å². The van der Waals surface area contributed by atoms with Crippen molar-refractivity contribution < 1.29 is 23.7 Å². The largest absolute Gasteiger partial charge is 0.357 e. The number of carbonyl (C=O) groups excluding carboxylic acids is 3. The summed E-state index contributed by atoms with van der Waals surface area (Å²) >= 11 is 5.90. The topological polar surface area (TPSA) is 113 Å². The van der Waals surface area contributed by atoms with Gasteiger partial charge in [-0.1, -0.05) is 48.0 Å². The lowest BCUT2D eigenvalue weighted by atomic mass is 9.84. The van der Waals surface area contributed by atoms with E-state index in [9.17, 15) is 28.9 Å². The smallest absolute Gasteiger partial charge is 0.289 e. The zero-order valence-electron chi connectivity index (χ0n) is 19.5. The SMILES string of the molecule is O=C(Nc1ccc(Cl)c([N+](=O)[O-])c1)[C@@H]1[C@@H]2C(=O)N(c3ccccc3F)C(=O)[C@@H]2C2c3ccccc3C=CN21. The summed E-state index contributed by atoms with van der Waals surface area (Å²) in [5, 5.41) is 13.9. The summed E-state index contributed by atoms with van der Waals surface area (Å²) in [6, 6.07) is 14.9. The Balaban J connectivity index is 1.43. The second-order valence-corrected chi connectivity index (χ2v) is 9.62. The van der Waals surface area contributed by atoms with Crippen LogP contribution in [0, 0.1) is 27.8 Å². The molecule has 3 amide bonds. The first-order chi connectivity index (χ1) is 18.3. The number of nitro benzene ring substituents is 1. The van der Waals surface area contributed by atoms with Crippen LogP contribution in [0.3, 0.4) is 0 Å². The highest BCUT2D eigenvalue weighted by atomic mass is 35.5. The van der Waals surface area contributed by atoms with Crippen LogP contribution in [0.4, 0.5) is 21.5 Å². The Morgan fingerprint density at radius 1 is 1.00 bits per heavy atom. The molecule has 11 heteroatoms. The molecule has 3 aromatic rings. The van der Waals surface area contributed by atoms with Crippen molar-refractivity contribution in [3.8, 4) is 0 Å². The van der Waals surface area contributed by atoms with Crippen molar-refractivity contribution in [2.45, 2.75) is 12.1 Å². The van der Waals surface area contributed by atoms with E-state index < -0.39 is 58.1 Å². The number of benzene rings is 3. The standard InChI is InChI=1S/C27H18ClFN4O5/c28-17-10-9-15(13-20(17)33(37)38)30-25(34)24-22-21(23-16-6-2-1-5-14(16)11-12-31(23)24)26(35)32(27(22)36)19-8-4-3-7-18(19)29/h1-13,21-24H,(H,30,34)/t21-,22+,23?,24-/m0/s1. The number of para-hydroxylation sites is 1. The Bertz CT molecular complexity index is 1580. The minimum absolute atomic E-state index is 0.0957. The summed E-state index contributed by atoms with van der Waals surface area (Å²) in [5.74, 6) is -4.73. The number of hydrogen-bond acceptors (Lipinski definition) is 6. The van der Waals surface area contributed by atoms with Gasteiger partial charge in [-0.3, -0.25) is 24.5 Å². The molecule has 3 aliphatic heterocycles. The summed E-state index contributed by atoms with van der Waals surface area (Å²) in [7, 11) is 0. The lowest BCUT2D eigenvalue weighted by Gasteiger charge is -2.35. The Hall–Kier alpha value is -4.57. The fourth-order valence-electron chi connectivity index (χ4n) is 5.67. The maximum absolute atomic E-state index is 14.7. The van der Waals surface area contributed by atoms with Gasteiger partial charge in [0, 0.05) is 18.0 Å². The number of imide groups is 1. The summed E-state index contributed by atoms with van der Waals surface area (Å²) in [5.41, 5.74) is 1.15. The van der Waals surface area contributed by atoms with Crippen LogP contribution in [-0.4, -0.2) is 33.6 Å². The van der Waals surface area contributed by atoms with Crippen LogP contribution < -0.4 is 10.2 Å². The van der Waals surface area contributed by atoms with Crippen molar-refractivity contribution in [2.75, 3.05) is 10.2 Å². The highest BCUT2D eigenvalue weighted by molar-refractivity contribution is 6.32. The number of nitrogens with one attached hydrogen (secondary N) is 1. The highest BCUT2D eigenvalue weighted by Crippen LogP contribution is 2.53. The van der Waals surface area contributed by atoms with Gasteiger partial charge >= 0.3 is 0 Å². The first-order valence-electron chi connectivity index (χ1n) is 11.7. The number of anilines is 2. The van der Waals surface area contributed by atoms with E-state index in [1.807, 2.05) is 18.2 Å². The Kier molecular flexibility index (Phi) is 5.50. The van der Waals surface area contributed by atoms with E-state index in [1.54, 1.807) is 23.2 Å². The molecule has 4 atom stereocenters. The van der Waals surface area contributed by atoms with Crippen molar-refractivity contribution in [3.63, 3.8) is 0 Å². The van der Waals surface area contributed by atoms with Crippen molar-refractivity contribution in [3.05, 3.63) is 105 Å². The third kappa shape index (κ3) is 3.48. The molecule has 0 saturated carbocycles. The quantitative estimate of drug-likeness (QED) is 0.300. The molecule has 3 heterocycles. The van der Waals surface area contributed by atoms with Gasteiger partial charge in [-0.25, -0.2) is 9.29 Å². The van der Waals surface area contributed by atoms with Crippen molar-refractivity contribution in [1.82, 2.24) is 4.90 Å². The molecule has 0 aromatic heterocycles. The third-order valence-corrected chi connectivity index (χ3v) is 7.55. The van der Waals surface area contributed by atoms with Gasteiger partial charge in [0.05, 0.1) is 28.5 Å². The number of nitrogens with zero attached hydrogens (tertiary/aromatic N) is 3. The molecule has 1 unspecified atom stereocenters. The molecule has 0 radical (unpaired) electrons. The fraction of sp³-hybridized carbons (Fsp3) is 0.148. The van der Waals surface area contributed by atoms with Gasteiger partial charge in [0.15, 0.2) is 0 Å². The average molecular weight is 533 g/mol. The molecule has 2 saturated heterocycles. The number of amides is 3. The minimum atomic E-state index is -1.14. The fourth-order valence-corrected chi connectivity index (χ4v) is 5.86. The van der Waals surface area contributed by atoms with Gasteiger partial charge in [-0.15, -0.1) is 0 Å². The molecule has 2 fully saturated rings. The lowest BCUT2D eigenvalue weighted by Crippen LogP contribution is -2.46. The minimum Gasteiger partial charge on any atom is -0.357 e. The second kappa shape index (κ2) is 8.77. The second-order valence-electron chi connectivity index (χ2n) is 9.21. The van der Waals surface area contributed by atoms with Crippen LogP contribution in [0.5, 0.6) is 0 Å². The number of hydrogen-bond donors (Lipinski definition) is 1. The van der Waals surface area contributed by atoms with Crippen LogP contribution in [0.2, 0.25) is 5.02 Å². The normalized spacial score (nSPS) is 23.2. The van der Waals surface area contributed by atoms with Gasteiger partial charge in [0.25, 0.3) is 5.69 Å². The Morgan fingerprint density at radius 2 is 1.71 bits per heavy atom. The molecular formula is C27H18ClFN4O5. The molecule has 1 N–H and O–H groups in total. The molecule has 3 aliphatic rings. The summed E-state index contributed by atoms with van der Waals surface area (Å²) in [6.45, 7) is 0. The number of nitro groups is 1. The summed E-state index contributed by atoms with van der Waals surface area (Å²) < 4.78 is 14.7. The number of fused-ring (bicyclic) bond motifs is 5. The molecule has 0 spiro atoms. The number of rotatable bonds is 4. The number of halogens is 2. The lowest BCUT2D eigenvalue weighted by molar-refractivity contribution is -0.384. The van der Waals surface area contributed by atoms with E-state index in [2.05, 4.69) is 5.32 Å². The summed E-state index contributed by atoms with van der Waals surface area (Å²) in [4.78, 5) is 54.4. The Morgan fingerprint density at radius 3 is 2.47 bits per heavy atom. The predicted molar refractivity (Wildman–Crippen MR) is 136 cm³/mol. The van der Waals surface area contributed by atoms with Crippen LogP contribution in [0.1, 0.15) is 17.2 Å². The Labute approximate surface area is 220 Å². The molecule has 190 valence electrons. The molecule has 3 aromatic carbocycles. The van der Waals surface area contributed by atoms with Crippen molar-refractivity contribution in [1.29, 1.82) is 0 Å². The predicted octanol–water partition coefficient (Wildman–Crippen LogP) is 4.54. The van der Waals surface area contributed by atoms with E-state index in [0.29, 0.717) is 0 Å². The third-order valence-electron chi connectivity index (χ3n) is 7.23. The first kappa shape index (κ1) is 23.8. The molecule has 0 bridgehead atoms. The van der Waals surface area contributed by atoms with Gasteiger partial charge in [0.1, 0.15) is 16.9 Å². The zero-order chi connectivity index (χ0) is 26.7. The molecule has 0 aliphatic carbocycles. The monoisotopic (exact) mass is 532 g/mol. The maximum Gasteiger partial charge on any atom is 0.289 e. The first-order valence-corrected chi connectivity index (χ1v) is 12.1. The zero-order valence-corrected chi connectivity index (χ0v) is 20.2. The highest BCUT2D eigenvalue weighted by Gasteiger charge is 2.64. The van der Waals surface area contributed by atoms with E-state index in [4.69, 9.17) is 11.6 Å². The van der Waals surface area contributed by atoms with Gasteiger partial charge < -0.3 is 10.2 Å². The van der Waals surface area contributed by atoms with Crippen LogP contribution >= 0.6 is 11.6 Å². The molecular weight excluding hydrogens is 515 g/mol. The molecule has 9 nitrogen and oxygen atoms in total. The van der Waals surface area contributed by atoms with E-state index in [-0.39, 0.29) is 16.4 Å².